The molecule has 2 fully saturated rings. The van der Waals surface area contributed by atoms with E-state index in [2.05, 4.69) is 10.3 Å². The van der Waals surface area contributed by atoms with Crippen LogP contribution in [0.4, 0.5) is 15.8 Å². The smallest absolute Gasteiger partial charge is 0.272 e. The van der Waals surface area contributed by atoms with Crippen molar-refractivity contribution >= 4 is 17.3 Å². The number of benzene rings is 1. The van der Waals surface area contributed by atoms with Crippen LogP contribution >= 0.6 is 0 Å². The standard InChI is InChI=1S/C19H20FN3O3/c20-14-2-1-3-15(12-14)22-16-4-5-17(21-13-16)18(24)23-8-6-19(7-9-23)25-10-11-26-19/h1-5,12-13,22H,6-11H2. The van der Waals surface area contributed by atoms with Crippen molar-refractivity contribution in [2.24, 2.45) is 0 Å². The Kier molecular flexibility index (Phi) is 4.57. The van der Waals surface area contributed by atoms with Gasteiger partial charge in [-0.05, 0) is 30.3 Å². The quantitative estimate of drug-likeness (QED) is 0.915. The van der Waals surface area contributed by atoms with Crippen molar-refractivity contribution in [3.8, 4) is 0 Å². The SMILES string of the molecule is O=C(c1ccc(Nc2cccc(F)c2)cn1)N1CCC2(CC1)OCCO2. The molecule has 1 aromatic carbocycles. The lowest BCUT2D eigenvalue weighted by Gasteiger charge is -2.37. The molecule has 2 aromatic rings. The third-order valence-corrected chi connectivity index (χ3v) is 4.72. The Morgan fingerprint density at radius 3 is 2.54 bits per heavy atom. The van der Waals surface area contributed by atoms with Crippen LogP contribution in [0.5, 0.6) is 0 Å². The van der Waals surface area contributed by atoms with Gasteiger partial charge < -0.3 is 19.7 Å². The minimum atomic E-state index is -0.497. The van der Waals surface area contributed by atoms with Crippen molar-refractivity contribution in [3.05, 3.63) is 54.1 Å². The molecule has 7 heteroatoms. The van der Waals surface area contributed by atoms with Crippen molar-refractivity contribution in [2.45, 2.75) is 18.6 Å². The molecule has 0 bridgehead atoms. The molecule has 1 N–H and O–H groups in total. The van der Waals surface area contributed by atoms with E-state index in [1.54, 1.807) is 35.4 Å². The molecule has 1 spiro atoms. The Morgan fingerprint density at radius 1 is 1.12 bits per heavy atom. The zero-order chi connectivity index (χ0) is 18.0. The summed E-state index contributed by atoms with van der Waals surface area (Å²) in [6.45, 7) is 2.41. The van der Waals surface area contributed by atoms with Crippen molar-refractivity contribution in [3.63, 3.8) is 0 Å². The van der Waals surface area contributed by atoms with Crippen LogP contribution in [0.25, 0.3) is 0 Å². The molecule has 0 atom stereocenters. The molecule has 2 aliphatic heterocycles. The maximum absolute atomic E-state index is 13.2. The van der Waals surface area contributed by atoms with Crippen LogP contribution in [0.3, 0.4) is 0 Å². The summed E-state index contributed by atoms with van der Waals surface area (Å²) in [6, 6.07) is 9.62. The summed E-state index contributed by atoms with van der Waals surface area (Å²) in [5.74, 6) is -0.911. The zero-order valence-corrected chi connectivity index (χ0v) is 14.3. The fraction of sp³-hybridized carbons (Fsp3) is 0.368. The lowest BCUT2D eigenvalue weighted by Crippen LogP contribution is -2.47. The van der Waals surface area contributed by atoms with Gasteiger partial charge in [-0.3, -0.25) is 4.79 Å². The van der Waals surface area contributed by atoms with Gasteiger partial charge in [0.05, 0.1) is 25.1 Å². The first kappa shape index (κ1) is 16.9. The fourth-order valence-electron chi connectivity index (χ4n) is 3.33. The predicted molar refractivity (Wildman–Crippen MR) is 93.7 cm³/mol. The Balaban J connectivity index is 1.38. The average molecular weight is 357 g/mol. The summed E-state index contributed by atoms with van der Waals surface area (Å²) >= 11 is 0. The van der Waals surface area contributed by atoms with Gasteiger partial charge in [0.15, 0.2) is 5.79 Å². The number of piperidine rings is 1. The number of hydrogen-bond acceptors (Lipinski definition) is 5. The van der Waals surface area contributed by atoms with Crippen LogP contribution in [-0.4, -0.2) is 47.9 Å². The van der Waals surface area contributed by atoms with E-state index in [9.17, 15) is 9.18 Å². The second-order valence-electron chi connectivity index (χ2n) is 6.47. The number of halogens is 1. The molecular formula is C19H20FN3O3. The third-order valence-electron chi connectivity index (χ3n) is 4.72. The van der Waals surface area contributed by atoms with E-state index in [0.29, 0.717) is 56.2 Å². The number of carbonyl (C=O) groups excluding carboxylic acids is 1. The van der Waals surface area contributed by atoms with E-state index in [-0.39, 0.29) is 11.7 Å². The molecule has 136 valence electrons. The number of aromatic nitrogens is 1. The predicted octanol–water partition coefficient (Wildman–Crippen LogP) is 2.94. The van der Waals surface area contributed by atoms with Gasteiger partial charge in [0.25, 0.3) is 5.91 Å². The van der Waals surface area contributed by atoms with Gasteiger partial charge in [-0.25, -0.2) is 9.37 Å². The molecule has 0 saturated carbocycles. The lowest BCUT2D eigenvalue weighted by atomic mass is 10.0. The van der Waals surface area contributed by atoms with Gasteiger partial charge >= 0.3 is 0 Å². The van der Waals surface area contributed by atoms with Crippen molar-refractivity contribution in [1.29, 1.82) is 0 Å². The van der Waals surface area contributed by atoms with Gasteiger partial charge in [-0.1, -0.05) is 6.07 Å². The molecule has 0 aliphatic carbocycles. The maximum Gasteiger partial charge on any atom is 0.272 e. The maximum atomic E-state index is 13.2. The largest absolute Gasteiger partial charge is 0.354 e. The van der Waals surface area contributed by atoms with E-state index in [1.807, 2.05) is 0 Å². The van der Waals surface area contributed by atoms with Gasteiger partial charge in [0.1, 0.15) is 11.5 Å². The number of likely N-dealkylation sites (tertiary alicyclic amines) is 1. The molecule has 26 heavy (non-hydrogen) atoms. The molecule has 1 aromatic heterocycles. The van der Waals surface area contributed by atoms with E-state index in [1.165, 1.54) is 12.1 Å². The molecule has 3 heterocycles. The number of ether oxygens (including phenoxy) is 2. The third kappa shape index (κ3) is 3.54. The van der Waals surface area contributed by atoms with Gasteiger partial charge in [0, 0.05) is 31.6 Å². The number of nitrogens with one attached hydrogen (secondary N) is 1. The topological polar surface area (TPSA) is 63.7 Å². The minimum Gasteiger partial charge on any atom is -0.354 e. The first-order valence-corrected chi connectivity index (χ1v) is 8.69. The number of nitrogens with zero attached hydrogens (tertiary/aromatic N) is 2. The second-order valence-corrected chi connectivity index (χ2v) is 6.47. The molecule has 2 saturated heterocycles. The van der Waals surface area contributed by atoms with Crippen LogP contribution in [0.2, 0.25) is 0 Å². The highest BCUT2D eigenvalue weighted by Gasteiger charge is 2.40. The highest BCUT2D eigenvalue weighted by Crippen LogP contribution is 2.31. The van der Waals surface area contributed by atoms with Crippen LogP contribution in [0, 0.1) is 5.82 Å². The average Bonchev–Trinajstić information content (AvgIpc) is 3.11. The Labute approximate surface area is 150 Å². The second kappa shape index (κ2) is 7.01. The number of carbonyl (C=O) groups is 1. The van der Waals surface area contributed by atoms with E-state index in [0.717, 1.165) is 0 Å². The van der Waals surface area contributed by atoms with Gasteiger partial charge in [0.2, 0.25) is 0 Å². The minimum absolute atomic E-state index is 0.102. The van der Waals surface area contributed by atoms with Crippen molar-refractivity contribution < 1.29 is 18.7 Å². The molecular weight excluding hydrogens is 337 g/mol. The highest BCUT2D eigenvalue weighted by atomic mass is 19.1. The molecule has 6 nitrogen and oxygen atoms in total. The van der Waals surface area contributed by atoms with E-state index in [4.69, 9.17) is 9.47 Å². The number of hydrogen-bond donors (Lipinski definition) is 1. The summed E-state index contributed by atoms with van der Waals surface area (Å²) in [5, 5.41) is 3.06. The molecule has 0 unspecified atom stereocenters. The van der Waals surface area contributed by atoms with E-state index >= 15 is 0 Å². The van der Waals surface area contributed by atoms with Gasteiger partial charge in [-0.15, -0.1) is 0 Å². The Morgan fingerprint density at radius 2 is 1.88 bits per heavy atom. The Hall–Kier alpha value is -2.51. The van der Waals surface area contributed by atoms with Crippen LogP contribution in [-0.2, 0) is 9.47 Å². The lowest BCUT2D eigenvalue weighted by molar-refractivity contribution is -0.181. The first-order chi connectivity index (χ1) is 12.6. The summed E-state index contributed by atoms with van der Waals surface area (Å²) in [7, 11) is 0. The van der Waals surface area contributed by atoms with Crippen molar-refractivity contribution in [1.82, 2.24) is 9.88 Å². The summed E-state index contributed by atoms with van der Waals surface area (Å²) in [4.78, 5) is 18.7. The van der Waals surface area contributed by atoms with Crippen LogP contribution in [0.15, 0.2) is 42.6 Å². The highest BCUT2D eigenvalue weighted by molar-refractivity contribution is 5.92. The number of amides is 1. The first-order valence-electron chi connectivity index (χ1n) is 8.69. The zero-order valence-electron chi connectivity index (χ0n) is 14.3. The fourth-order valence-corrected chi connectivity index (χ4v) is 3.33. The monoisotopic (exact) mass is 357 g/mol. The summed E-state index contributed by atoms with van der Waals surface area (Å²) < 4.78 is 24.6. The molecule has 0 radical (unpaired) electrons. The van der Waals surface area contributed by atoms with E-state index < -0.39 is 5.79 Å². The molecule has 2 aliphatic rings. The molecule has 1 amide bonds. The number of pyridine rings is 1. The van der Waals surface area contributed by atoms with Gasteiger partial charge in [-0.2, -0.15) is 0 Å². The Bertz CT molecular complexity index is 781. The van der Waals surface area contributed by atoms with Crippen LogP contribution < -0.4 is 5.32 Å². The van der Waals surface area contributed by atoms with Crippen molar-refractivity contribution in [2.75, 3.05) is 31.6 Å². The summed E-state index contributed by atoms with van der Waals surface area (Å²) in [6.07, 6.45) is 2.93. The number of rotatable bonds is 3. The normalized spacial score (nSPS) is 18.9. The van der Waals surface area contributed by atoms with Crippen LogP contribution in [0.1, 0.15) is 23.3 Å². The summed E-state index contributed by atoms with van der Waals surface area (Å²) in [5.41, 5.74) is 1.71. The number of anilines is 2. The molecule has 4 rings (SSSR count).